The number of benzene rings is 1. The molecule has 26 heavy (non-hydrogen) atoms. The highest BCUT2D eigenvalue weighted by atomic mass is 32.2. The molecule has 7 nitrogen and oxygen atoms in total. The lowest BCUT2D eigenvalue weighted by Crippen LogP contribution is -2.20. The normalized spacial score (nSPS) is 16.0. The fourth-order valence-electron chi connectivity index (χ4n) is 3.28. The zero-order chi connectivity index (χ0) is 18.1. The summed E-state index contributed by atoms with van der Waals surface area (Å²) in [7, 11) is -3.23. The number of sulfone groups is 1. The molecule has 1 aromatic carbocycles. The first kappa shape index (κ1) is 17.0. The molecule has 136 valence electrons. The predicted molar refractivity (Wildman–Crippen MR) is 97.3 cm³/mol. The van der Waals surface area contributed by atoms with E-state index >= 15 is 0 Å². The number of hydrogen-bond acceptors (Lipinski definition) is 6. The lowest BCUT2D eigenvalue weighted by atomic mass is 9.98. The van der Waals surface area contributed by atoms with E-state index in [0.29, 0.717) is 11.5 Å². The first-order valence-electron chi connectivity index (χ1n) is 8.68. The molecule has 0 N–H and O–H groups in total. The van der Waals surface area contributed by atoms with Crippen LogP contribution in [0.3, 0.4) is 0 Å². The highest BCUT2D eigenvalue weighted by Gasteiger charge is 2.19. The Bertz CT molecular complexity index is 1020. The van der Waals surface area contributed by atoms with E-state index in [1.165, 1.54) is 31.8 Å². The number of ether oxygens (including phenoxy) is 1. The smallest absolute Gasteiger partial charge is 0.228 e. The summed E-state index contributed by atoms with van der Waals surface area (Å²) < 4.78 is 31.0. The van der Waals surface area contributed by atoms with Crippen molar-refractivity contribution in [2.24, 2.45) is 0 Å². The second-order valence-corrected chi connectivity index (χ2v) is 8.63. The molecule has 1 aliphatic rings. The lowest BCUT2D eigenvalue weighted by Gasteiger charge is -2.22. The fourth-order valence-corrected chi connectivity index (χ4v) is 3.91. The summed E-state index contributed by atoms with van der Waals surface area (Å²) in [6.07, 6.45) is 10.3. The van der Waals surface area contributed by atoms with Gasteiger partial charge in [-0.15, -0.1) is 0 Å². The minimum atomic E-state index is -3.23. The molecular formula is C18H20N4O3S. The van der Waals surface area contributed by atoms with Crippen LogP contribution in [-0.4, -0.2) is 40.5 Å². The van der Waals surface area contributed by atoms with Crippen LogP contribution in [0.4, 0.5) is 0 Å². The molecule has 1 aliphatic carbocycles. The SMILES string of the molecule is CS(=O)(=O)c1ccc(-n2ncc3c(OC4CCCCC4)ncnc32)cc1. The Kier molecular flexibility index (Phi) is 4.36. The molecule has 0 spiro atoms. The van der Waals surface area contributed by atoms with E-state index in [9.17, 15) is 8.42 Å². The van der Waals surface area contributed by atoms with Gasteiger partial charge in [-0.1, -0.05) is 6.42 Å². The average molecular weight is 372 g/mol. The van der Waals surface area contributed by atoms with Gasteiger partial charge in [0.1, 0.15) is 17.8 Å². The topological polar surface area (TPSA) is 87.0 Å². The second kappa shape index (κ2) is 6.68. The Morgan fingerprint density at radius 1 is 1.08 bits per heavy atom. The van der Waals surface area contributed by atoms with Crippen molar-refractivity contribution >= 4 is 20.9 Å². The van der Waals surface area contributed by atoms with Crippen molar-refractivity contribution in [1.82, 2.24) is 19.7 Å². The van der Waals surface area contributed by atoms with Crippen molar-refractivity contribution in [3.05, 3.63) is 36.8 Å². The molecular weight excluding hydrogens is 352 g/mol. The maximum absolute atomic E-state index is 11.6. The third kappa shape index (κ3) is 3.29. The van der Waals surface area contributed by atoms with Crippen LogP contribution in [-0.2, 0) is 9.84 Å². The molecule has 2 aromatic heterocycles. The van der Waals surface area contributed by atoms with Crippen molar-refractivity contribution in [3.63, 3.8) is 0 Å². The highest BCUT2D eigenvalue weighted by molar-refractivity contribution is 7.90. The molecule has 3 aromatic rings. The van der Waals surface area contributed by atoms with E-state index in [0.717, 1.165) is 23.9 Å². The minimum absolute atomic E-state index is 0.194. The summed E-state index contributed by atoms with van der Waals surface area (Å²) in [5.74, 6) is 0.556. The second-order valence-electron chi connectivity index (χ2n) is 6.62. The molecule has 4 rings (SSSR count). The third-order valence-corrected chi connectivity index (χ3v) is 5.80. The zero-order valence-corrected chi connectivity index (χ0v) is 15.3. The largest absolute Gasteiger partial charge is 0.474 e. The Labute approximate surface area is 152 Å². The van der Waals surface area contributed by atoms with Crippen LogP contribution in [0.5, 0.6) is 5.88 Å². The molecule has 2 heterocycles. The van der Waals surface area contributed by atoms with Gasteiger partial charge >= 0.3 is 0 Å². The van der Waals surface area contributed by atoms with Gasteiger partial charge in [-0.25, -0.2) is 23.1 Å². The average Bonchev–Trinajstić information content (AvgIpc) is 3.07. The summed E-state index contributed by atoms with van der Waals surface area (Å²) in [5.41, 5.74) is 1.37. The maximum Gasteiger partial charge on any atom is 0.228 e. The number of nitrogens with zero attached hydrogens (tertiary/aromatic N) is 4. The number of hydrogen-bond donors (Lipinski definition) is 0. The monoisotopic (exact) mass is 372 g/mol. The van der Waals surface area contributed by atoms with Gasteiger partial charge in [0.2, 0.25) is 5.88 Å². The molecule has 0 atom stereocenters. The van der Waals surface area contributed by atoms with Gasteiger partial charge < -0.3 is 4.74 Å². The molecule has 0 unspecified atom stereocenters. The Hall–Kier alpha value is -2.48. The molecule has 0 amide bonds. The molecule has 0 saturated heterocycles. The minimum Gasteiger partial charge on any atom is -0.474 e. The quantitative estimate of drug-likeness (QED) is 0.700. The summed E-state index contributed by atoms with van der Waals surface area (Å²) in [4.78, 5) is 8.89. The predicted octanol–water partition coefficient (Wildman–Crippen LogP) is 2.93. The van der Waals surface area contributed by atoms with Crippen LogP contribution in [0.15, 0.2) is 41.7 Å². The first-order chi connectivity index (χ1) is 12.5. The lowest BCUT2D eigenvalue weighted by molar-refractivity contribution is 0.151. The summed E-state index contributed by atoms with van der Waals surface area (Å²) in [6, 6.07) is 6.57. The third-order valence-electron chi connectivity index (χ3n) is 4.67. The Morgan fingerprint density at radius 2 is 1.81 bits per heavy atom. The van der Waals surface area contributed by atoms with Crippen molar-refractivity contribution in [2.45, 2.75) is 43.1 Å². The van der Waals surface area contributed by atoms with E-state index in [-0.39, 0.29) is 11.0 Å². The van der Waals surface area contributed by atoms with Crippen molar-refractivity contribution in [3.8, 4) is 11.6 Å². The Balaban J connectivity index is 1.68. The maximum atomic E-state index is 11.6. The Morgan fingerprint density at radius 3 is 2.50 bits per heavy atom. The van der Waals surface area contributed by atoms with Gasteiger partial charge in [0, 0.05) is 6.26 Å². The van der Waals surface area contributed by atoms with Gasteiger partial charge in [0.15, 0.2) is 15.5 Å². The molecule has 1 saturated carbocycles. The van der Waals surface area contributed by atoms with Gasteiger partial charge in [-0.2, -0.15) is 5.10 Å². The van der Waals surface area contributed by atoms with Crippen LogP contribution < -0.4 is 4.74 Å². The van der Waals surface area contributed by atoms with Crippen molar-refractivity contribution in [1.29, 1.82) is 0 Å². The number of rotatable bonds is 4. The van der Waals surface area contributed by atoms with Gasteiger partial charge in [0.25, 0.3) is 0 Å². The van der Waals surface area contributed by atoms with Crippen LogP contribution >= 0.6 is 0 Å². The summed E-state index contributed by atoms with van der Waals surface area (Å²) in [6.45, 7) is 0. The van der Waals surface area contributed by atoms with Crippen molar-refractivity contribution in [2.75, 3.05) is 6.26 Å². The van der Waals surface area contributed by atoms with Crippen LogP contribution in [0.1, 0.15) is 32.1 Å². The van der Waals surface area contributed by atoms with Crippen LogP contribution in [0.25, 0.3) is 16.7 Å². The first-order valence-corrected chi connectivity index (χ1v) is 10.6. The van der Waals surface area contributed by atoms with Crippen LogP contribution in [0, 0.1) is 0 Å². The zero-order valence-electron chi connectivity index (χ0n) is 14.5. The van der Waals surface area contributed by atoms with E-state index in [4.69, 9.17) is 4.74 Å². The highest BCUT2D eigenvalue weighted by Crippen LogP contribution is 2.28. The van der Waals surface area contributed by atoms with Crippen molar-refractivity contribution < 1.29 is 13.2 Å². The summed E-state index contributed by atoms with van der Waals surface area (Å²) >= 11 is 0. The van der Waals surface area contributed by atoms with E-state index in [1.807, 2.05) is 0 Å². The van der Waals surface area contributed by atoms with E-state index < -0.39 is 9.84 Å². The molecule has 0 bridgehead atoms. The van der Waals surface area contributed by atoms with Gasteiger partial charge in [-0.3, -0.25) is 0 Å². The molecule has 0 aliphatic heterocycles. The molecule has 1 fully saturated rings. The van der Waals surface area contributed by atoms with Gasteiger partial charge in [-0.05, 0) is 49.9 Å². The number of aromatic nitrogens is 4. The molecule has 8 heteroatoms. The van der Waals surface area contributed by atoms with E-state index in [2.05, 4.69) is 15.1 Å². The number of fused-ring (bicyclic) bond motifs is 1. The van der Waals surface area contributed by atoms with E-state index in [1.54, 1.807) is 35.1 Å². The summed E-state index contributed by atoms with van der Waals surface area (Å²) in [5, 5.41) is 5.15. The van der Waals surface area contributed by atoms with Gasteiger partial charge in [0.05, 0.1) is 16.8 Å². The fraction of sp³-hybridized carbons (Fsp3) is 0.389. The molecule has 0 radical (unpaired) electrons. The standard InChI is InChI=1S/C18H20N4O3S/c1-26(23,24)15-9-7-13(8-10-15)22-17-16(11-21-22)18(20-12-19-17)25-14-5-3-2-4-6-14/h7-12,14H,2-6H2,1H3. The van der Waals surface area contributed by atoms with Crippen LogP contribution in [0.2, 0.25) is 0 Å².